The first-order valence-corrected chi connectivity index (χ1v) is 14.4. The number of imide groups is 1. The van der Waals surface area contributed by atoms with Gasteiger partial charge in [0.15, 0.2) is 5.78 Å². The van der Waals surface area contributed by atoms with E-state index in [0.717, 1.165) is 35.5 Å². The Hall–Kier alpha value is -4.32. The monoisotopic (exact) mass is 553 g/mol. The summed E-state index contributed by atoms with van der Waals surface area (Å²) in [6, 6.07) is 20.9. The molecule has 2 amide bonds. The van der Waals surface area contributed by atoms with Crippen molar-refractivity contribution in [3.05, 3.63) is 114 Å². The molecule has 0 N–H and O–H groups in total. The van der Waals surface area contributed by atoms with Crippen molar-refractivity contribution in [1.29, 1.82) is 0 Å². The van der Waals surface area contributed by atoms with Crippen molar-refractivity contribution in [3.8, 4) is 5.75 Å². The van der Waals surface area contributed by atoms with Crippen LogP contribution in [0.4, 0.5) is 10.1 Å². The third-order valence-corrected chi connectivity index (χ3v) is 7.07. The minimum absolute atomic E-state index is 0.139. The van der Waals surface area contributed by atoms with Gasteiger partial charge in [0.1, 0.15) is 11.6 Å². The van der Waals surface area contributed by atoms with Crippen LogP contribution in [0.25, 0.3) is 6.08 Å². The molecule has 0 fully saturated rings. The van der Waals surface area contributed by atoms with E-state index in [4.69, 9.17) is 4.74 Å². The zero-order valence-electron chi connectivity index (χ0n) is 23.3. The zero-order chi connectivity index (χ0) is 28.9. The molecule has 0 aromatic heterocycles. The molecule has 1 heterocycles. The van der Waals surface area contributed by atoms with E-state index in [1.54, 1.807) is 30.3 Å². The molecule has 4 rings (SSSR count). The van der Waals surface area contributed by atoms with Crippen molar-refractivity contribution < 1.29 is 23.5 Å². The number of benzene rings is 3. The Bertz CT molecular complexity index is 1340. The van der Waals surface area contributed by atoms with Crippen LogP contribution in [0.5, 0.6) is 5.75 Å². The van der Waals surface area contributed by atoms with E-state index in [2.05, 4.69) is 12.1 Å². The number of rotatable bonds is 16. The molecule has 0 bridgehead atoms. The van der Waals surface area contributed by atoms with E-state index in [1.165, 1.54) is 86.6 Å². The number of anilines is 1. The highest BCUT2D eigenvalue weighted by Crippen LogP contribution is 2.22. The van der Waals surface area contributed by atoms with Gasteiger partial charge in [0.2, 0.25) is 0 Å². The number of carbonyl (C=O) groups is 3. The van der Waals surface area contributed by atoms with Crippen LogP contribution in [0.1, 0.15) is 72.9 Å². The lowest BCUT2D eigenvalue weighted by Gasteiger charge is -2.14. The molecule has 1 aliphatic heterocycles. The standard InChI is InChI=1S/C35H36FNO4/c36-30-17-15-29(16-18-30)33(38)23-14-28-12-10-27(11-13-28)9-7-5-3-1-2-4-6-8-26-41-32-21-19-31(20-22-32)37-34(39)24-25-35(37)40/h10-25H,1-9,26H2/b23-14+. The summed E-state index contributed by atoms with van der Waals surface area (Å²) < 4.78 is 18.8. The summed E-state index contributed by atoms with van der Waals surface area (Å²) >= 11 is 0. The van der Waals surface area contributed by atoms with Crippen molar-refractivity contribution in [2.45, 2.75) is 57.8 Å². The number of hydrogen-bond acceptors (Lipinski definition) is 4. The molecule has 1 aliphatic rings. The van der Waals surface area contributed by atoms with Crippen LogP contribution in [0.2, 0.25) is 0 Å². The minimum atomic E-state index is -0.350. The van der Waals surface area contributed by atoms with Gasteiger partial charge in [-0.2, -0.15) is 0 Å². The molecule has 0 spiro atoms. The molecule has 41 heavy (non-hydrogen) atoms. The summed E-state index contributed by atoms with van der Waals surface area (Å²) in [4.78, 5) is 36.8. The summed E-state index contributed by atoms with van der Waals surface area (Å²) in [7, 11) is 0. The van der Waals surface area contributed by atoms with E-state index >= 15 is 0 Å². The first-order valence-electron chi connectivity index (χ1n) is 14.4. The Morgan fingerprint density at radius 2 is 1.29 bits per heavy atom. The fourth-order valence-electron chi connectivity index (χ4n) is 4.71. The first kappa shape index (κ1) is 29.7. The molecule has 3 aromatic rings. The highest BCUT2D eigenvalue weighted by Gasteiger charge is 2.24. The zero-order valence-corrected chi connectivity index (χ0v) is 23.3. The van der Waals surface area contributed by atoms with Crippen LogP contribution in [-0.4, -0.2) is 24.2 Å². The van der Waals surface area contributed by atoms with Crippen molar-refractivity contribution in [2.24, 2.45) is 0 Å². The lowest BCUT2D eigenvalue weighted by molar-refractivity contribution is -0.119. The third kappa shape index (κ3) is 9.38. The maximum atomic E-state index is 13.0. The smallest absolute Gasteiger partial charge is 0.258 e. The SMILES string of the molecule is O=C(/C=C/c1ccc(CCCCCCCCCCOc2ccc(N3C(=O)C=CC3=O)cc2)cc1)c1ccc(F)cc1. The molecule has 0 radical (unpaired) electrons. The van der Waals surface area contributed by atoms with E-state index in [0.29, 0.717) is 17.9 Å². The van der Waals surface area contributed by atoms with Gasteiger partial charge in [0, 0.05) is 17.7 Å². The Morgan fingerprint density at radius 1 is 0.707 bits per heavy atom. The number of hydrogen-bond donors (Lipinski definition) is 0. The van der Waals surface area contributed by atoms with Gasteiger partial charge in [-0.1, -0.05) is 68.9 Å². The van der Waals surface area contributed by atoms with Crippen molar-refractivity contribution in [2.75, 3.05) is 11.5 Å². The highest BCUT2D eigenvalue weighted by atomic mass is 19.1. The largest absolute Gasteiger partial charge is 0.494 e. The van der Waals surface area contributed by atoms with Gasteiger partial charge < -0.3 is 4.74 Å². The Morgan fingerprint density at radius 3 is 1.93 bits per heavy atom. The molecule has 0 saturated carbocycles. The summed E-state index contributed by atoms with van der Waals surface area (Å²) in [5, 5.41) is 0. The Labute approximate surface area is 241 Å². The molecule has 3 aromatic carbocycles. The van der Waals surface area contributed by atoms with Crippen LogP contribution in [0.15, 0.2) is 91.0 Å². The van der Waals surface area contributed by atoms with Gasteiger partial charge in [-0.05, 0) is 85.0 Å². The Balaban J connectivity index is 1.00. The molecule has 0 atom stereocenters. The summed E-state index contributed by atoms with van der Waals surface area (Å²) in [6.45, 7) is 0.654. The fraction of sp³-hybridized carbons (Fsp3) is 0.286. The fourth-order valence-corrected chi connectivity index (χ4v) is 4.71. The first-order chi connectivity index (χ1) is 20.0. The molecule has 5 nitrogen and oxygen atoms in total. The molecule has 0 unspecified atom stereocenters. The number of ether oxygens (including phenoxy) is 1. The highest BCUT2D eigenvalue weighted by molar-refractivity contribution is 6.28. The summed E-state index contributed by atoms with van der Waals surface area (Å²) in [6.07, 6.45) is 16.4. The third-order valence-electron chi connectivity index (χ3n) is 7.07. The second kappa shape index (κ2) is 15.5. The van der Waals surface area contributed by atoms with Gasteiger partial charge in [-0.3, -0.25) is 14.4 Å². The maximum absolute atomic E-state index is 13.0. The average Bonchev–Trinajstić information content (AvgIpc) is 3.33. The number of unbranched alkanes of at least 4 members (excludes halogenated alkanes) is 7. The Kier molecular flexibility index (Phi) is 11.2. The van der Waals surface area contributed by atoms with Crippen LogP contribution in [0.3, 0.4) is 0 Å². The van der Waals surface area contributed by atoms with Crippen LogP contribution in [0, 0.1) is 5.82 Å². The predicted octanol–water partition coefficient (Wildman–Crippen LogP) is 7.89. The van der Waals surface area contributed by atoms with Gasteiger partial charge in [-0.25, -0.2) is 9.29 Å². The van der Waals surface area contributed by atoms with Crippen molar-refractivity contribution in [1.82, 2.24) is 0 Å². The summed E-state index contributed by atoms with van der Waals surface area (Å²) in [5.41, 5.74) is 3.30. The van der Waals surface area contributed by atoms with Gasteiger partial charge >= 0.3 is 0 Å². The minimum Gasteiger partial charge on any atom is -0.494 e. The van der Waals surface area contributed by atoms with E-state index in [-0.39, 0.29) is 23.4 Å². The van der Waals surface area contributed by atoms with E-state index in [1.807, 2.05) is 12.1 Å². The van der Waals surface area contributed by atoms with Crippen LogP contribution >= 0.6 is 0 Å². The average molecular weight is 554 g/mol. The van der Waals surface area contributed by atoms with Crippen LogP contribution < -0.4 is 9.64 Å². The maximum Gasteiger partial charge on any atom is 0.258 e. The van der Waals surface area contributed by atoms with Gasteiger partial charge in [0.25, 0.3) is 11.8 Å². The van der Waals surface area contributed by atoms with Crippen molar-refractivity contribution >= 4 is 29.4 Å². The van der Waals surface area contributed by atoms with E-state index < -0.39 is 0 Å². The molecule has 212 valence electrons. The normalized spacial score (nSPS) is 13.0. The number of allylic oxidation sites excluding steroid dienone is 1. The molecule has 6 heteroatoms. The number of halogens is 1. The second-order valence-electron chi connectivity index (χ2n) is 10.2. The van der Waals surface area contributed by atoms with Gasteiger partial charge in [0.05, 0.1) is 12.3 Å². The van der Waals surface area contributed by atoms with Crippen molar-refractivity contribution in [3.63, 3.8) is 0 Å². The molecular formula is C35H36FNO4. The predicted molar refractivity (Wildman–Crippen MR) is 160 cm³/mol. The molecule has 0 saturated heterocycles. The lowest BCUT2D eigenvalue weighted by Crippen LogP contribution is -2.29. The number of nitrogens with zero attached hydrogens (tertiary/aromatic N) is 1. The van der Waals surface area contributed by atoms with Crippen LogP contribution in [-0.2, 0) is 16.0 Å². The number of aryl methyl sites for hydroxylation is 1. The quantitative estimate of drug-likeness (QED) is 0.0783. The molecular weight excluding hydrogens is 517 g/mol. The topological polar surface area (TPSA) is 63.7 Å². The number of ketones is 1. The second-order valence-corrected chi connectivity index (χ2v) is 10.2. The summed E-state index contributed by atoms with van der Waals surface area (Å²) in [5.74, 6) is -0.388. The lowest BCUT2D eigenvalue weighted by atomic mass is 10.0. The van der Waals surface area contributed by atoms with E-state index in [9.17, 15) is 18.8 Å². The number of amides is 2. The molecule has 0 aliphatic carbocycles. The number of carbonyl (C=O) groups excluding carboxylic acids is 3. The van der Waals surface area contributed by atoms with Gasteiger partial charge in [-0.15, -0.1) is 0 Å².